The van der Waals surface area contributed by atoms with Crippen LogP contribution in [0.1, 0.15) is 22.5 Å². The maximum atomic E-state index is 11.9. The number of carbonyl (C=O) groups excluding carboxylic acids is 2. The third kappa shape index (κ3) is 5.86. The number of benzene rings is 1. The van der Waals surface area contributed by atoms with E-state index in [-0.39, 0.29) is 24.5 Å². The molecule has 0 radical (unpaired) electrons. The Morgan fingerprint density at radius 1 is 1.08 bits per heavy atom. The van der Waals surface area contributed by atoms with Crippen molar-refractivity contribution in [3.8, 4) is 11.5 Å². The van der Waals surface area contributed by atoms with E-state index in [9.17, 15) is 9.59 Å². The summed E-state index contributed by atoms with van der Waals surface area (Å²) in [5, 5.41) is 2.72. The number of hydrogen-bond acceptors (Lipinski definition) is 5. The van der Waals surface area contributed by atoms with Gasteiger partial charge in [0.15, 0.2) is 5.78 Å². The van der Waals surface area contributed by atoms with E-state index in [1.54, 1.807) is 43.5 Å². The fraction of sp³-hybridized carbons (Fsp3) is 0.294. The molecule has 1 heterocycles. The zero-order chi connectivity index (χ0) is 17.4. The highest BCUT2D eigenvalue weighted by Crippen LogP contribution is 2.22. The van der Waals surface area contributed by atoms with Crippen molar-refractivity contribution < 1.29 is 19.1 Å². The molecule has 0 aliphatic rings. The summed E-state index contributed by atoms with van der Waals surface area (Å²) in [5.74, 6) is 1.21. The van der Waals surface area contributed by atoms with E-state index in [4.69, 9.17) is 21.1 Å². The van der Waals surface area contributed by atoms with Gasteiger partial charge in [-0.05, 0) is 36.4 Å². The standard InChI is InChI=1S/C17H18ClNO4S/c1-22-12-2-4-13(5-3-12)23-11-10-19-17(21)9-6-14(20)15-7-8-16(18)24-15/h2-5,7-8H,6,9-11H2,1H3,(H,19,21). The van der Waals surface area contributed by atoms with Crippen LogP contribution in [0.4, 0.5) is 0 Å². The van der Waals surface area contributed by atoms with Gasteiger partial charge in [-0.25, -0.2) is 0 Å². The lowest BCUT2D eigenvalue weighted by atomic mass is 10.2. The van der Waals surface area contributed by atoms with E-state index in [0.29, 0.717) is 28.1 Å². The molecule has 0 fully saturated rings. The minimum absolute atomic E-state index is 0.0727. The molecule has 0 spiro atoms. The zero-order valence-corrected chi connectivity index (χ0v) is 14.8. The van der Waals surface area contributed by atoms with Crippen LogP contribution in [0.5, 0.6) is 11.5 Å². The number of Topliss-reactive ketones (excluding diaryl/α,β-unsaturated/α-hetero) is 1. The molecule has 0 saturated heterocycles. The minimum Gasteiger partial charge on any atom is -0.497 e. The summed E-state index contributed by atoms with van der Waals surface area (Å²) in [6.07, 6.45) is 0.318. The van der Waals surface area contributed by atoms with Gasteiger partial charge in [-0.2, -0.15) is 0 Å². The summed E-state index contributed by atoms with van der Waals surface area (Å²) >= 11 is 7.01. The Balaban J connectivity index is 1.61. The number of rotatable bonds is 9. The van der Waals surface area contributed by atoms with Crippen molar-refractivity contribution in [1.82, 2.24) is 5.32 Å². The average Bonchev–Trinajstić information content (AvgIpc) is 3.03. The first-order chi connectivity index (χ1) is 11.6. The lowest BCUT2D eigenvalue weighted by molar-refractivity contribution is -0.121. The van der Waals surface area contributed by atoms with Gasteiger partial charge in [0.05, 0.1) is 22.9 Å². The normalized spacial score (nSPS) is 10.2. The largest absolute Gasteiger partial charge is 0.497 e. The van der Waals surface area contributed by atoms with Crippen LogP contribution in [0.3, 0.4) is 0 Å². The molecule has 0 aliphatic heterocycles. The predicted octanol–water partition coefficient (Wildman–Crippen LogP) is 3.57. The molecule has 0 bridgehead atoms. The van der Waals surface area contributed by atoms with Crippen LogP contribution in [0.15, 0.2) is 36.4 Å². The predicted molar refractivity (Wildman–Crippen MR) is 94.4 cm³/mol. The first-order valence-corrected chi connectivity index (χ1v) is 8.60. The third-order valence-electron chi connectivity index (χ3n) is 3.18. The molecule has 1 amide bonds. The topological polar surface area (TPSA) is 64.6 Å². The fourth-order valence-electron chi connectivity index (χ4n) is 1.93. The Labute approximate surface area is 149 Å². The summed E-state index contributed by atoms with van der Waals surface area (Å²) in [5.41, 5.74) is 0. The lowest BCUT2D eigenvalue weighted by Gasteiger charge is -2.08. The summed E-state index contributed by atoms with van der Waals surface area (Å²) < 4.78 is 11.1. The van der Waals surface area contributed by atoms with Crippen LogP contribution in [0.25, 0.3) is 0 Å². The van der Waals surface area contributed by atoms with Crippen molar-refractivity contribution in [3.63, 3.8) is 0 Å². The van der Waals surface area contributed by atoms with Gasteiger partial charge in [0, 0.05) is 12.8 Å². The molecule has 1 aromatic heterocycles. The van der Waals surface area contributed by atoms with Crippen molar-refractivity contribution in [3.05, 3.63) is 45.6 Å². The summed E-state index contributed by atoms with van der Waals surface area (Å²) in [6.45, 7) is 0.733. The molecule has 0 saturated carbocycles. The number of nitrogens with one attached hydrogen (secondary N) is 1. The fourth-order valence-corrected chi connectivity index (χ4v) is 2.94. The average molecular weight is 368 g/mol. The molecular weight excluding hydrogens is 350 g/mol. The van der Waals surface area contributed by atoms with Gasteiger partial charge in [-0.1, -0.05) is 11.6 Å². The molecule has 0 unspecified atom stereocenters. The zero-order valence-electron chi connectivity index (χ0n) is 13.2. The highest BCUT2D eigenvalue weighted by molar-refractivity contribution is 7.18. The number of hydrogen-bond donors (Lipinski definition) is 1. The van der Waals surface area contributed by atoms with Crippen molar-refractivity contribution in [2.45, 2.75) is 12.8 Å². The Bertz CT molecular complexity index is 684. The number of amides is 1. The monoisotopic (exact) mass is 367 g/mol. The van der Waals surface area contributed by atoms with E-state index < -0.39 is 0 Å². The minimum atomic E-state index is -0.177. The molecule has 24 heavy (non-hydrogen) atoms. The molecule has 1 N–H and O–H groups in total. The van der Waals surface area contributed by atoms with Crippen molar-refractivity contribution >= 4 is 34.6 Å². The Hall–Kier alpha value is -2.05. The van der Waals surface area contributed by atoms with Crippen molar-refractivity contribution in [2.75, 3.05) is 20.3 Å². The Kier molecular flexibility index (Phi) is 7.08. The quantitative estimate of drug-likeness (QED) is 0.543. The second kappa shape index (κ2) is 9.30. The van der Waals surface area contributed by atoms with Crippen LogP contribution in [-0.4, -0.2) is 32.0 Å². The van der Waals surface area contributed by atoms with Crippen LogP contribution in [0.2, 0.25) is 4.34 Å². The van der Waals surface area contributed by atoms with Crippen LogP contribution in [-0.2, 0) is 4.79 Å². The Morgan fingerprint density at radius 2 is 1.79 bits per heavy atom. The Morgan fingerprint density at radius 3 is 2.42 bits per heavy atom. The molecule has 5 nitrogen and oxygen atoms in total. The maximum absolute atomic E-state index is 11.9. The van der Waals surface area contributed by atoms with Crippen LogP contribution < -0.4 is 14.8 Å². The molecule has 2 rings (SSSR count). The second-order valence-corrected chi connectivity index (χ2v) is 6.62. The molecule has 0 atom stereocenters. The number of methoxy groups -OCH3 is 1. The van der Waals surface area contributed by atoms with Gasteiger partial charge in [0.1, 0.15) is 18.1 Å². The van der Waals surface area contributed by atoms with Gasteiger partial charge < -0.3 is 14.8 Å². The second-order valence-electron chi connectivity index (χ2n) is 4.90. The molecule has 128 valence electrons. The van der Waals surface area contributed by atoms with Gasteiger partial charge >= 0.3 is 0 Å². The first kappa shape index (κ1) is 18.3. The molecule has 0 aliphatic carbocycles. The molecule has 7 heteroatoms. The van der Waals surface area contributed by atoms with Crippen molar-refractivity contribution in [1.29, 1.82) is 0 Å². The summed E-state index contributed by atoms with van der Waals surface area (Å²) in [6, 6.07) is 10.6. The van der Waals surface area contributed by atoms with Gasteiger partial charge in [0.25, 0.3) is 0 Å². The molecule has 2 aromatic rings. The number of ketones is 1. The number of halogens is 1. The van der Waals surface area contributed by atoms with Crippen LogP contribution in [0, 0.1) is 0 Å². The van der Waals surface area contributed by atoms with E-state index in [2.05, 4.69) is 5.32 Å². The summed E-state index contributed by atoms with van der Waals surface area (Å²) in [7, 11) is 1.60. The number of thiophene rings is 1. The maximum Gasteiger partial charge on any atom is 0.220 e. The van der Waals surface area contributed by atoms with E-state index >= 15 is 0 Å². The highest BCUT2D eigenvalue weighted by atomic mass is 35.5. The van der Waals surface area contributed by atoms with Crippen molar-refractivity contribution in [2.24, 2.45) is 0 Å². The third-order valence-corrected chi connectivity index (χ3v) is 4.45. The van der Waals surface area contributed by atoms with Gasteiger partial charge in [-0.15, -0.1) is 11.3 Å². The van der Waals surface area contributed by atoms with E-state index in [0.717, 1.165) is 5.75 Å². The van der Waals surface area contributed by atoms with E-state index in [1.165, 1.54) is 11.3 Å². The highest BCUT2D eigenvalue weighted by Gasteiger charge is 2.11. The first-order valence-electron chi connectivity index (χ1n) is 7.40. The smallest absolute Gasteiger partial charge is 0.220 e. The van der Waals surface area contributed by atoms with Gasteiger partial charge in [-0.3, -0.25) is 9.59 Å². The van der Waals surface area contributed by atoms with Crippen LogP contribution >= 0.6 is 22.9 Å². The molecule has 1 aromatic carbocycles. The van der Waals surface area contributed by atoms with Gasteiger partial charge in [0.2, 0.25) is 5.91 Å². The molecular formula is C17H18ClNO4S. The number of carbonyl (C=O) groups is 2. The van der Waals surface area contributed by atoms with E-state index in [1.807, 2.05) is 0 Å². The summed E-state index contributed by atoms with van der Waals surface area (Å²) in [4.78, 5) is 24.2. The lowest BCUT2D eigenvalue weighted by Crippen LogP contribution is -2.28. The number of ether oxygens (including phenoxy) is 2. The SMILES string of the molecule is COc1ccc(OCCNC(=O)CCC(=O)c2ccc(Cl)s2)cc1.